The Kier molecular flexibility index (Phi) is 7.39. The first kappa shape index (κ1) is 22.4. The Morgan fingerprint density at radius 1 is 1.00 bits per heavy atom. The predicted molar refractivity (Wildman–Crippen MR) is 114 cm³/mol. The zero-order valence-corrected chi connectivity index (χ0v) is 17.9. The van der Waals surface area contributed by atoms with Crippen LogP contribution in [0, 0.1) is 13.8 Å². The Morgan fingerprint density at radius 3 is 2.34 bits per heavy atom. The number of aryl methyl sites for hydroxylation is 2. The van der Waals surface area contributed by atoms with Gasteiger partial charge in [0.1, 0.15) is 5.75 Å². The maximum Gasteiger partial charge on any atom is 0.232 e. The maximum atomic E-state index is 12.3. The molecule has 0 aromatic heterocycles. The van der Waals surface area contributed by atoms with Gasteiger partial charge in [-0.15, -0.1) is 0 Å². The number of anilines is 2. The summed E-state index contributed by atoms with van der Waals surface area (Å²) < 4.78 is 31.1. The Morgan fingerprint density at radius 2 is 1.72 bits per heavy atom. The van der Waals surface area contributed by atoms with Crippen LogP contribution in [0.2, 0.25) is 0 Å². The molecule has 2 aromatic carbocycles. The summed E-state index contributed by atoms with van der Waals surface area (Å²) in [6.07, 6.45) is 0.137. The predicted octanol–water partition coefficient (Wildman–Crippen LogP) is 3.68. The van der Waals surface area contributed by atoms with Gasteiger partial charge < -0.3 is 10.1 Å². The van der Waals surface area contributed by atoms with E-state index in [-0.39, 0.29) is 41.7 Å². The van der Waals surface area contributed by atoms with Gasteiger partial charge in [0.25, 0.3) is 0 Å². The molecule has 2 rings (SSSR count). The fourth-order valence-corrected chi connectivity index (χ4v) is 3.25. The van der Waals surface area contributed by atoms with Crippen molar-refractivity contribution in [1.82, 2.24) is 0 Å². The molecule has 8 heteroatoms. The first-order valence-electron chi connectivity index (χ1n) is 9.24. The van der Waals surface area contributed by atoms with E-state index in [1.807, 2.05) is 26.0 Å². The lowest BCUT2D eigenvalue weighted by Gasteiger charge is -2.13. The molecular formula is C21H26N2O5S. The van der Waals surface area contributed by atoms with Crippen LogP contribution in [0.25, 0.3) is 0 Å². The quantitative estimate of drug-likeness (QED) is 0.605. The van der Waals surface area contributed by atoms with Crippen LogP contribution in [-0.2, 0) is 14.8 Å². The number of Topliss-reactive ketones (excluding diaryl/α,β-unsaturated/α-hetero) is 1. The van der Waals surface area contributed by atoms with Crippen LogP contribution >= 0.6 is 0 Å². The first-order chi connectivity index (χ1) is 13.6. The second kappa shape index (κ2) is 9.56. The van der Waals surface area contributed by atoms with E-state index in [2.05, 4.69) is 10.0 Å². The van der Waals surface area contributed by atoms with E-state index in [4.69, 9.17) is 4.74 Å². The van der Waals surface area contributed by atoms with E-state index in [1.54, 1.807) is 12.1 Å². The second-order valence-corrected chi connectivity index (χ2v) is 8.70. The lowest BCUT2D eigenvalue weighted by Crippen LogP contribution is -2.16. The molecule has 0 radical (unpaired) electrons. The summed E-state index contributed by atoms with van der Waals surface area (Å²) in [4.78, 5) is 24.5. The van der Waals surface area contributed by atoms with Crippen LogP contribution in [0.5, 0.6) is 5.75 Å². The van der Waals surface area contributed by atoms with Crippen molar-refractivity contribution in [3.8, 4) is 5.75 Å². The molecule has 2 N–H and O–H groups in total. The molecule has 0 aliphatic heterocycles. The molecule has 0 atom stereocenters. The third-order valence-electron chi connectivity index (χ3n) is 4.54. The van der Waals surface area contributed by atoms with E-state index in [1.165, 1.54) is 26.2 Å². The number of rotatable bonds is 9. The number of carbonyl (C=O) groups is 2. The molecule has 0 saturated carbocycles. The lowest BCUT2D eigenvalue weighted by molar-refractivity contribution is -0.116. The molecule has 0 fully saturated rings. The van der Waals surface area contributed by atoms with Crippen molar-refractivity contribution in [2.75, 3.05) is 22.9 Å². The molecule has 7 nitrogen and oxygen atoms in total. The average Bonchev–Trinajstić information content (AvgIpc) is 2.69. The maximum absolute atomic E-state index is 12.3. The average molecular weight is 419 g/mol. The minimum atomic E-state index is -3.45. The third-order valence-corrected chi connectivity index (χ3v) is 5.83. The molecule has 0 saturated heterocycles. The summed E-state index contributed by atoms with van der Waals surface area (Å²) in [5.41, 5.74) is 3.47. The van der Waals surface area contributed by atoms with Gasteiger partial charge in [0, 0.05) is 30.2 Å². The number of nitrogens with one attached hydrogen (secondary N) is 2. The van der Waals surface area contributed by atoms with Gasteiger partial charge in [0.15, 0.2) is 5.78 Å². The Hall–Kier alpha value is -2.87. The minimum Gasteiger partial charge on any atom is -0.494 e. The lowest BCUT2D eigenvalue weighted by atomic mass is 10.0. The van der Waals surface area contributed by atoms with Gasteiger partial charge >= 0.3 is 0 Å². The number of amides is 1. The molecule has 0 heterocycles. The van der Waals surface area contributed by atoms with Crippen molar-refractivity contribution >= 4 is 33.1 Å². The molecule has 0 aliphatic rings. The van der Waals surface area contributed by atoms with Crippen molar-refractivity contribution in [3.63, 3.8) is 0 Å². The van der Waals surface area contributed by atoms with Crippen LogP contribution in [0.4, 0.5) is 11.4 Å². The fraction of sp³-hybridized carbons (Fsp3) is 0.333. The van der Waals surface area contributed by atoms with Crippen LogP contribution < -0.4 is 14.8 Å². The number of sulfonamides is 1. The van der Waals surface area contributed by atoms with Crippen molar-refractivity contribution in [2.24, 2.45) is 0 Å². The van der Waals surface area contributed by atoms with Gasteiger partial charge in [-0.2, -0.15) is 0 Å². The number of hydrogen-bond acceptors (Lipinski definition) is 5. The number of carbonyl (C=O) groups excluding carboxylic acids is 2. The monoisotopic (exact) mass is 418 g/mol. The Bertz CT molecular complexity index is 1020. The van der Waals surface area contributed by atoms with E-state index in [9.17, 15) is 18.0 Å². The zero-order valence-electron chi connectivity index (χ0n) is 17.0. The number of ketones is 1. The highest BCUT2D eigenvalue weighted by Gasteiger charge is 2.14. The van der Waals surface area contributed by atoms with Crippen LogP contribution in [0.1, 0.15) is 41.3 Å². The molecule has 1 amide bonds. The summed E-state index contributed by atoms with van der Waals surface area (Å²) in [6, 6.07) is 10.1. The van der Waals surface area contributed by atoms with Gasteiger partial charge in [-0.3, -0.25) is 14.3 Å². The molecule has 0 unspecified atom stereocenters. The molecule has 0 spiro atoms. The largest absolute Gasteiger partial charge is 0.494 e. The Labute approximate surface area is 171 Å². The standard InChI is InChI=1S/C21H26N2O5S/c1-5-29(26,27)23-18-9-8-17(13-20(18)28-4)22-21(25)11-10-19(24)16-7-6-14(2)15(3)12-16/h6-9,12-13,23H,5,10-11H2,1-4H3,(H,22,25). The normalized spacial score (nSPS) is 11.0. The SMILES string of the molecule is CCS(=O)(=O)Nc1ccc(NC(=O)CCC(=O)c2ccc(C)c(C)c2)cc1OC. The van der Waals surface area contributed by atoms with Gasteiger partial charge in [-0.05, 0) is 50.1 Å². The van der Waals surface area contributed by atoms with Crippen LogP contribution in [-0.4, -0.2) is 33.0 Å². The van der Waals surface area contributed by atoms with Gasteiger partial charge in [-0.1, -0.05) is 12.1 Å². The van der Waals surface area contributed by atoms with Gasteiger partial charge in [0.2, 0.25) is 15.9 Å². The van der Waals surface area contributed by atoms with E-state index < -0.39 is 10.0 Å². The molecule has 0 bridgehead atoms. The summed E-state index contributed by atoms with van der Waals surface area (Å²) in [5.74, 6) is -0.189. The third kappa shape index (κ3) is 6.32. The summed E-state index contributed by atoms with van der Waals surface area (Å²) in [5, 5.41) is 2.70. The zero-order chi connectivity index (χ0) is 21.6. The summed E-state index contributed by atoms with van der Waals surface area (Å²) in [7, 11) is -2.04. The number of hydrogen-bond donors (Lipinski definition) is 2. The topological polar surface area (TPSA) is 102 Å². The highest BCUT2D eigenvalue weighted by Crippen LogP contribution is 2.29. The number of methoxy groups -OCH3 is 1. The van der Waals surface area contributed by atoms with Crippen LogP contribution in [0.3, 0.4) is 0 Å². The van der Waals surface area contributed by atoms with E-state index in [0.717, 1.165) is 11.1 Å². The van der Waals surface area contributed by atoms with Crippen LogP contribution in [0.15, 0.2) is 36.4 Å². The first-order valence-corrected chi connectivity index (χ1v) is 10.9. The van der Waals surface area contributed by atoms with Gasteiger partial charge in [0.05, 0.1) is 18.6 Å². The molecule has 29 heavy (non-hydrogen) atoms. The second-order valence-electron chi connectivity index (χ2n) is 6.69. The fourth-order valence-electron chi connectivity index (χ4n) is 2.60. The highest BCUT2D eigenvalue weighted by molar-refractivity contribution is 7.92. The summed E-state index contributed by atoms with van der Waals surface area (Å²) >= 11 is 0. The van der Waals surface area contributed by atoms with Crippen molar-refractivity contribution in [1.29, 1.82) is 0 Å². The molecular weight excluding hydrogens is 392 g/mol. The number of ether oxygens (including phenoxy) is 1. The Balaban J connectivity index is 1.99. The molecule has 0 aliphatic carbocycles. The number of benzene rings is 2. The molecule has 2 aromatic rings. The van der Waals surface area contributed by atoms with Crippen molar-refractivity contribution < 1.29 is 22.7 Å². The van der Waals surface area contributed by atoms with Crippen molar-refractivity contribution in [3.05, 3.63) is 53.1 Å². The van der Waals surface area contributed by atoms with Gasteiger partial charge in [-0.25, -0.2) is 8.42 Å². The summed E-state index contributed by atoms with van der Waals surface area (Å²) in [6.45, 7) is 5.45. The smallest absolute Gasteiger partial charge is 0.232 e. The minimum absolute atomic E-state index is 0.0400. The van der Waals surface area contributed by atoms with Crippen molar-refractivity contribution in [2.45, 2.75) is 33.6 Å². The van der Waals surface area contributed by atoms with E-state index in [0.29, 0.717) is 11.3 Å². The highest BCUT2D eigenvalue weighted by atomic mass is 32.2. The molecule has 156 valence electrons. The van der Waals surface area contributed by atoms with E-state index >= 15 is 0 Å².